The Labute approximate surface area is 150 Å². The van der Waals surface area contributed by atoms with Crippen molar-refractivity contribution in [3.63, 3.8) is 0 Å². The molecule has 0 unspecified atom stereocenters. The first kappa shape index (κ1) is 18.5. The normalized spacial score (nSPS) is 16.3. The van der Waals surface area contributed by atoms with Gasteiger partial charge in [-0.1, -0.05) is 60.7 Å². The van der Waals surface area contributed by atoms with E-state index < -0.39 is 6.04 Å². The minimum Gasteiger partial charge on any atom is -0.341 e. The van der Waals surface area contributed by atoms with Crippen LogP contribution in [-0.4, -0.2) is 29.9 Å². The van der Waals surface area contributed by atoms with Crippen molar-refractivity contribution in [2.45, 2.75) is 31.2 Å². The summed E-state index contributed by atoms with van der Waals surface area (Å²) in [4.78, 5) is 14.5. The van der Waals surface area contributed by atoms with Gasteiger partial charge in [-0.3, -0.25) is 4.79 Å². The number of hydrogen-bond acceptors (Lipinski definition) is 2. The Morgan fingerprint density at radius 2 is 1.54 bits per heavy atom. The number of carbonyl (C=O) groups is 1. The largest absolute Gasteiger partial charge is 0.341 e. The number of likely N-dealkylation sites (tertiary alicyclic amines) is 1. The van der Waals surface area contributed by atoms with Gasteiger partial charge >= 0.3 is 0 Å². The van der Waals surface area contributed by atoms with Crippen LogP contribution in [0, 0.1) is 0 Å². The van der Waals surface area contributed by atoms with Crippen molar-refractivity contribution >= 4 is 18.3 Å². The minimum absolute atomic E-state index is 0. The zero-order valence-corrected chi connectivity index (χ0v) is 14.6. The van der Waals surface area contributed by atoms with Crippen LogP contribution in [0.3, 0.4) is 0 Å². The molecule has 4 heteroatoms. The van der Waals surface area contributed by atoms with Gasteiger partial charge in [0.1, 0.15) is 0 Å². The first-order valence-electron chi connectivity index (χ1n) is 8.37. The lowest BCUT2D eigenvalue weighted by atomic mass is 9.89. The Morgan fingerprint density at radius 1 is 1.00 bits per heavy atom. The van der Waals surface area contributed by atoms with Crippen molar-refractivity contribution in [2.75, 3.05) is 13.1 Å². The van der Waals surface area contributed by atoms with Gasteiger partial charge in [0, 0.05) is 13.1 Å². The quantitative estimate of drug-likeness (QED) is 0.924. The maximum Gasteiger partial charge on any atom is 0.239 e. The molecule has 1 aliphatic rings. The summed E-state index contributed by atoms with van der Waals surface area (Å²) < 4.78 is 0. The lowest BCUT2D eigenvalue weighted by Gasteiger charge is -2.33. The molecule has 3 rings (SSSR count). The van der Waals surface area contributed by atoms with Crippen LogP contribution < -0.4 is 5.73 Å². The van der Waals surface area contributed by atoms with Crippen LogP contribution in [-0.2, 0) is 11.2 Å². The Balaban J connectivity index is 0.00000208. The zero-order chi connectivity index (χ0) is 16.1. The Bertz CT molecular complexity index is 625. The summed E-state index contributed by atoms with van der Waals surface area (Å²) in [5, 5.41) is 0. The molecule has 1 fully saturated rings. The van der Waals surface area contributed by atoms with Gasteiger partial charge in [0.2, 0.25) is 5.91 Å². The molecule has 0 aromatic heterocycles. The van der Waals surface area contributed by atoms with E-state index in [1.54, 1.807) is 0 Å². The van der Waals surface area contributed by atoms with E-state index >= 15 is 0 Å². The fraction of sp³-hybridized carbons (Fsp3) is 0.350. The molecule has 2 N–H and O–H groups in total. The molecular formula is C20H25ClN2O. The molecule has 1 aliphatic heterocycles. The van der Waals surface area contributed by atoms with Gasteiger partial charge in [-0.05, 0) is 36.3 Å². The Kier molecular flexibility index (Phi) is 6.83. The number of piperidine rings is 1. The summed E-state index contributed by atoms with van der Waals surface area (Å²) >= 11 is 0. The van der Waals surface area contributed by atoms with Gasteiger partial charge in [0.05, 0.1) is 6.04 Å². The van der Waals surface area contributed by atoms with E-state index in [2.05, 4.69) is 24.3 Å². The second-order valence-electron chi connectivity index (χ2n) is 6.31. The average molecular weight is 345 g/mol. The number of benzene rings is 2. The van der Waals surface area contributed by atoms with Gasteiger partial charge in [0.15, 0.2) is 0 Å². The van der Waals surface area contributed by atoms with E-state index in [1.807, 2.05) is 41.3 Å². The maximum atomic E-state index is 12.5. The molecule has 1 saturated heterocycles. The van der Waals surface area contributed by atoms with Crippen molar-refractivity contribution in [1.82, 2.24) is 4.90 Å². The summed E-state index contributed by atoms with van der Waals surface area (Å²) in [5.74, 6) is 0.644. The van der Waals surface area contributed by atoms with E-state index in [0.717, 1.165) is 31.5 Å². The molecule has 24 heavy (non-hydrogen) atoms. The van der Waals surface area contributed by atoms with Gasteiger partial charge in [-0.2, -0.15) is 0 Å². The lowest BCUT2D eigenvalue weighted by Crippen LogP contribution is -2.47. The third kappa shape index (κ3) is 4.59. The predicted octanol–water partition coefficient (Wildman–Crippen LogP) is 3.38. The van der Waals surface area contributed by atoms with Crippen LogP contribution in [0.25, 0.3) is 0 Å². The number of amides is 1. The Morgan fingerprint density at radius 3 is 2.12 bits per heavy atom. The highest BCUT2D eigenvalue weighted by molar-refractivity contribution is 5.85. The maximum absolute atomic E-state index is 12.5. The summed E-state index contributed by atoms with van der Waals surface area (Å²) in [5.41, 5.74) is 8.64. The molecule has 1 heterocycles. The molecule has 0 saturated carbocycles. The van der Waals surface area contributed by atoms with Gasteiger partial charge in [-0.15, -0.1) is 12.4 Å². The smallest absolute Gasteiger partial charge is 0.239 e. The van der Waals surface area contributed by atoms with Crippen molar-refractivity contribution in [3.8, 4) is 0 Å². The lowest BCUT2D eigenvalue weighted by molar-refractivity contribution is -0.133. The van der Waals surface area contributed by atoms with E-state index in [0.29, 0.717) is 12.3 Å². The first-order valence-corrected chi connectivity index (χ1v) is 8.37. The standard InChI is InChI=1S/C20H24N2O.ClH/c21-19(15-16-7-3-1-4-8-16)20(23)22-13-11-18(12-14-22)17-9-5-2-6-10-17;/h1-10,18-19H,11-15,21H2;1H/t19-;/m0./s1. The fourth-order valence-corrected chi connectivity index (χ4v) is 3.35. The van der Waals surface area contributed by atoms with E-state index in [1.165, 1.54) is 5.56 Å². The molecule has 0 spiro atoms. The number of halogens is 1. The van der Waals surface area contributed by atoms with Crippen molar-refractivity contribution in [2.24, 2.45) is 5.73 Å². The van der Waals surface area contributed by atoms with Crippen LogP contribution in [0.1, 0.15) is 29.9 Å². The van der Waals surface area contributed by atoms with E-state index in [9.17, 15) is 4.79 Å². The fourth-order valence-electron chi connectivity index (χ4n) is 3.35. The molecule has 2 aromatic rings. The van der Waals surface area contributed by atoms with Crippen LogP contribution in [0.2, 0.25) is 0 Å². The molecule has 0 radical (unpaired) electrons. The number of carbonyl (C=O) groups excluding carboxylic acids is 1. The van der Waals surface area contributed by atoms with Gasteiger partial charge in [0.25, 0.3) is 0 Å². The highest BCUT2D eigenvalue weighted by Gasteiger charge is 2.26. The first-order chi connectivity index (χ1) is 11.2. The molecule has 128 valence electrons. The van der Waals surface area contributed by atoms with Gasteiger partial charge < -0.3 is 10.6 Å². The summed E-state index contributed by atoms with van der Waals surface area (Å²) in [6.07, 6.45) is 2.65. The van der Waals surface area contributed by atoms with Crippen LogP contribution >= 0.6 is 12.4 Å². The van der Waals surface area contributed by atoms with Crippen LogP contribution in [0.15, 0.2) is 60.7 Å². The number of rotatable bonds is 4. The molecule has 1 atom stereocenters. The molecule has 0 aliphatic carbocycles. The van der Waals surface area contributed by atoms with Crippen LogP contribution in [0.4, 0.5) is 0 Å². The van der Waals surface area contributed by atoms with Gasteiger partial charge in [-0.25, -0.2) is 0 Å². The molecule has 2 aromatic carbocycles. The number of nitrogens with two attached hydrogens (primary N) is 1. The Hall–Kier alpha value is -1.84. The second kappa shape index (κ2) is 8.86. The van der Waals surface area contributed by atoms with E-state index in [-0.39, 0.29) is 18.3 Å². The third-order valence-corrected chi connectivity index (χ3v) is 4.69. The molecule has 3 nitrogen and oxygen atoms in total. The third-order valence-electron chi connectivity index (χ3n) is 4.69. The number of hydrogen-bond donors (Lipinski definition) is 1. The highest BCUT2D eigenvalue weighted by atomic mass is 35.5. The highest BCUT2D eigenvalue weighted by Crippen LogP contribution is 2.28. The number of nitrogens with zero attached hydrogens (tertiary/aromatic N) is 1. The zero-order valence-electron chi connectivity index (χ0n) is 13.8. The summed E-state index contributed by atoms with van der Waals surface area (Å²) in [7, 11) is 0. The second-order valence-corrected chi connectivity index (χ2v) is 6.31. The molecule has 0 bridgehead atoms. The summed E-state index contributed by atoms with van der Waals surface area (Å²) in [6.45, 7) is 1.61. The van der Waals surface area contributed by atoms with E-state index in [4.69, 9.17) is 5.73 Å². The minimum atomic E-state index is -0.439. The molecular weight excluding hydrogens is 320 g/mol. The van der Waals surface area contributed by atoms with Crippen molar-refractivity contribution in [3.05, 3.63) is 71.8 Å². The molecule has 1 amide bonds. The van der Waals surface area contributed by atoms with Crippen molar-refractivity contribution in [1.29, 1.82) is 0 Å². The SMILES string of the molecule is Cl.N[C@@H](Cc1ccccc1)C(=O)N1CCC(c2ccccc2)CC1. The monoisotopic (exact) mass is 344 g/mol. The van der Waals surface area contributed by atoms with Crippen molar-refractivity contribution < 1.29 is 4.79 Å². The summed E-state index contributed by atoms with van der Waals surface area (Å²) in [6, 6.07) is 20.1. The van der Waals surface area contributed by atoms with Crippen LogP contribution in [0.5, 0.6) is 0 Å². The average Bonchev–Trinajstić information content (AvgIpc) is 2.63. The predicted molar refractivity (Wildman–Crippen MR) is 100 cm³/mol. The topological polar surface area (TPSA) is 46.3 Å².